The minimum absolute atomic E-state index is 0.353. The Morgan fingerprint density at radius 1 is 1.40 bits per heavy atom. The van der Waals surface area contributed by atoms with Gasteiger partial charge in [0.25, 0.3) is 0 Å². The normalized spacial score (nSPS) is 33.6. The quantitative estimate of drug-likeness (QED) is 0.466. The van der Waals surface area contributed by atoms with Crippen LogP contribution in [0.3, 0.4) is 0 Å². The first-order valence-electron chi connectivity index (χ1n) is 6.05. The molecule has 1 fully saturated rings. The van der Waals surface area contributed by atoms with Crippen molar-refractivity contribution in [3.63, 3.8) is 0 Å². The highest BCUT2D eigenvalue weighted by molar-refractivity contribution is 8.23. The molecule has 4 N–H and O–H groups in total. The molecule has 1 aliphatic heterocycles. The van der Waals surface area contributed by atoms with Crippen LogP contribution in [0.5, 0.6) is 0 Å². The van der Waals surface area contributed by atoms with Crippen LogP contribution in [-0.2, 0) is 9.53 Å². The molecule has 0 aromatic heterocycles. The lowest BCUT2D eigenvalue weighted by Crippen LogP contribution is -2.63. The van der Waals surface area contributed by atoms with Gasteiger partial charge < -0.3 is 30.3 Å². The van der Waals surface area contributed by atoms with Gasteiger partial charge in [-0.25, -0.2) is 0 Å². The lowest BCUT2D eigenvalue weighted by atomic mass is 9.98. The number of nitrogens with one attached hydrogen (secondary N) is 1. The number of ether oxygens (including phenoxy) is 1. The van der Waals surface area contributed by atoms with Crippen molar-refractivity contribution in [2.45, 2.75) is 36.7 Å². The first-order chi connectivity index (χ1) is 9.27. The number of nitrogens with zero attached hydrogens (tertiary/aromatic N) is 1. The Kier molecular flexibility index (Phi) is 6.62. The van der Waals surface area contributed by atoms with Gasteiger partial charge in [-0.3, -0.25) is 4.79 Å². The molecule has 9 heteroatoms. The van der Waals surface area contributed by atoms with E-state index in [1.807, 2.05) is 0 Å². The van der Waals surface area contributed by atoms with E-state index in [0.717, 1.165) is 11.8 Å². The number of amides is 1. The molecule has 0 aromatic rings. The van der Waals surface area contributed by atoms with Crippen molar-refractivity contribution in [3.05, 3.63) is 0 Å². The first kappa shape index (κ1) is 17.6. The third-order valence-electron chi connectivity index (χ3n) is 2.83. The number of rotatable bonds is 3. The summed E-state index contributed by atoms with van der Waals surface area (Å²) in [7, 11) is 3.53. The van der Waals surface area contributed by atoms with E-state index >= 15 is 0 Å². The number of thiocarbonyl (C=S) groups is 1. The highest BCUT2D eigenvalue weighted by Gasteiger charge is 2.45. The predicted octanol–water partition coefficient (Wildman–Crippen LogP) is -1.49. The molecule has 0 saturated carbocycles. The molecule has 5 atom stereocenters. The summed E-state index contributed by atoms with van der Waals surface area (Å²) in [6.07, 6.45) is -3.44. The van der Waals surface area contributed by atoms with E-state index in [1.165, 1.54) is 6.92 Å². The highest BCUT2D eigenvalue weighted by atomic mass is 32.2. The van der Waals surface area contributed by atoms with Gasteiger partial charge >= 0.3 is 0 Å². The molecule has 0 bridgehead atoms. The van der Waals surface area contributed by atoms with E-state index < -0.39 is 36.4 Å². The number of hydrogen-bond acceptors (Lipinski definition) is 7. The van der Waals surface area contributed by atoms with Crippen LogP contribution in [0.25, 0.3) is 0 Å². The topological polar surface area (TPSA) is 102 Å². The predicted molar refractivity (Wildman–Crippen MR) is 79.2 cm³/mol. The van der Waals surface area contributed by atoms with Crippen molar-refractivity contribution in [3.8, 4) is 0 Å². The number of carbonyl (C=O) groups excluding carboxylic acids is 1. The molecule has 7 nitrogen and oxygen atoms in total. The van der Waals surface area contributed by atoms with Crippen LogP contribution in [0.2, 0.25) is 0 Å². The van der Waals surface area contributed by atoms with Crippen molar-refractivity contribution in [1.29, 1.82) is 0 Å². The summed E-state index contributed by atoms with van der Waals surface area (Å²) in [6, 6.07) is -0.812. The van der Waals surface area contributed by atoms with Crippen LogP contribution in [0, 0.1) is 0 Å². The van der Waals surface area contributed by atoms with Crippen LogP contribution in [0.4, 0.5) is 0 Å². The summed E-state index contributed by atoms with van der Waals surface area (Å²) in [5.74, 6) is -0.353. The minimum Gasteiger partial charge on any atom is -0.394 e. The third kappa shape index (κ3) is 4.27. The summed E-state index contributed by atoms with van der Waals surface area (Å²) >= 11 is 6.30. The Balaban J connectivity index is 2.88. The highest BCUT2D eigenvalue weighted by Crippen LogP contribution is 2.29. The van der Waals surface area contributed by atoms with Crippen LogP contribution in [0.1, 0.15) is 6.92 Å². The molecule has 1 heterocycles. The Bertz CT molecular complexity index is 369. The van der Waals surface area contributed by atoms with Crippen LogP contribution in [-0.4, -0.2) is 80.9 Å². The maximum absolute atomic E-state index is 11.2. The summed E-state index contributed by atoms with van der Waals surface area (Å²) in [4.78, 5) is 12.9. The van der Waals surface area contributed by atoms with Gasteiger partial charge in [-0.1, -0.05) is 24.0 Å². The standard InChI is InChI=1S/C11H20N2O5S2/c1-5(15)12-7-9(17)8(16)6(4-14)18-10(7)20-11(19)13(2)3/h6-10,14,16-17H,4H2,1-3H3,(H,12,15)/t6-,7?,8-,9-,10+/m1/s1. The molecule has 1 unspecified atom stereocenters. The summed E-state index contributed by atoms with van der Waals surface area (Å²) in [5.41, 5.74) is -0.690. The number of carbonyl (C=O) groups is 1. The Morgan fingerprint density at radius 3 is 2.45 bits per heavy atom. The van der Waals surface area contributed by atoms with Crippen molar-refractivity contribution >= 4 is 34.2 Å². The fourth-order valence-corrected chi connectivity index (χ4v) is 3.04. The second-order valence-corrected chi connectivity index (χ2v) is 6.44. The van der Waals surface area contributed by atoms with Crippen molar-refractivity contribution in [2.24, 2.45) is 0 Å². The summed E-state index contributed by atoms with van der Waals surface area (Å²) < 4.78 is 6.03. The van der Waals surface area contributed by atoms with Gasteiger partial charge in [0.05, 0.1) is 12.6 Å². The van der Waals surface area contributed by atoms with E-state index in [0.29, 0.717) is 4.32 Å². The molecule has 1 aliphatic rings. The average Bonchev–Trinajstić information content (AvgIpc) is 2.37. The number of aliphatic hydroxyl groups is 3. The third-order valence-corrected chi connectivity index (χ3v) is 4.69. The van der Waals surface area contributed by atoms with Crippen LogP contribution >= 0.6 is 24.0 Å². The maximum Gasteiger partial charge on any atom is 0.217 e. The van der Waals surface area contributed by atoms with E-state index in [2.05, 4.69) is 5.32 Å². The molecule has 0 spiro atoms. The molecule has 0 radical (unpaired) electrons. The molecular formula is C11H20N2O5S2. The van der Waals surface area contributed by atoms with E-state index in [1.54, 1.807) is 19.0 Å². The summed E-state index contributed by atoms with van der Waals surface area (Å²) in [5, 5.41) is 31.6. The molecular weight excluding hydrogens is 304 g/mol. The zero-order valence-electron chi connectivity index (χ0n) is 11.5. The van der Waals surface area contributed by atoms with Gasteiger partial charge in [0.2, 0.25) is 5.91 Å². The van der Waals surface area contributed by atoms with Gasteiger partial charge in [0.1, 0.15) is 28.1 Å². The van der Waals surface area contributed by atoms with E-state index in [4.69, 9.17) is 17.0 Å². The molecule has 1 amide bonds. The molecule has 1 saturated heterocycles. The van der Waals surface area contributed by atoms with Gasteiger partial charge in [0.15, 0.2) is 0 Å². The van der Waals surface area contributed by atoms with E-state index in [9.17, 15) is 20.1 Å². The maximum atomic E-state index is 11.2. The van der Waals surface area contributed by atoms with Gasteiger partial charge in [0, 0.05) is 21.0 Å². The smallest absolute Gasteiger partial charge is 0.217 e. The van der Waals surface area contributed by atoms with Crippen molar-refractivity contribution in [1.82, 2.24) is 10.2 Å². The monoisotopic (exact) mass is 324 g/mol. The summed E-state index contributed by atoms with van der Waals surface area (Å²) in [6.45, 7) is 0.875. The Hall–Kier alpha value is -0.450. The largest absolute Gasteiger partial charge is 0.394 e. The Morgan fingerprint density at radius 2 is 2.00 bits per heavy atom. The SMILES string of the molecule is CC(=O)NC1[C@@H](O)[C@H](O)[C@@H](CO)O[C@H]1SC(=S)N(C)C. The zero-order valence-corrected chi connectivity index (χ0v) is 13.1. The van der Waals surface area contributed by atoms with Gasteiger partial charge in [-0.2, -0.15) is 0 Å². The minimum atomic E-state index is -1.28. The average molecular weight is 324 g/mol. The molecule has 116 valence electrons. The second-order valence-electron chi connectivity index (χ2n) is 4.71. The zero-order chi connectivity index (χ0) is 15.4. The fraction of sp³-hybridized carbons (Fsp3) is 0.818. The number of hydrogen-bond donors (Lipinski definition) is 4. The molecule has 0 aromatic carbocycles. The Labute approximate surface area is 127 Å². The first-order valence-corrected chi connectivity index (χ1v) is 7.34. The van der Waals surface area contributed by atoms with E-state index in [-0.39, 0.29) is 5.91 Å². The molecule has 1 rings (SSSR count). The lowest BCUT2D eigenvalue weighted by molar-refractivity contribution is -0.173. The van der Waals surface area contributed by atoms with Gasteiger partial charge in [-0.15, -0.1) is 0 Å². The number of thioether (sulfide) groups is 1. The second kappa shape index (κ2) is 7.53. The van der Waals surface area contributed by atoms with Gasteiger partial charge in [-0.05, 0) is 0 Å². The number of aliphatic hydroxyl groups excluding tert-OH is 3. The van der Waals surface area contributed by atoms with Crippen LogP contribution in [0.15, 0.2) is 0 Å². The van der Waals surface area contributed by atoms with Crippen molar-refractivity contribution < 1.29 is 24.9 Å². The van der Waals surface area contributed by atoms with Crippen molar-refractivity contribution in [2.75, 3.05) is 20.7 Å². The molecule has 20 heavy (non-hydrogen) atoms. The lowest BCUT2D eigenvalue weighted by Gasteiger charge is -2.42. The van der Waals surface area contributed by atoms with Crippen LogP contribution < -0.4 is 5.32 Å². The fourth-order valence-electron chi connectivity index (χ4n) is 1.78. The molecule has 0 aliphatic carbocycles.